The van der Waals surface area contributed by atoms with Crippen molar-refractivity contribution in [1.29, 1.82) is 0 Å². The van der Waals surface area contributed by atoms with Crippen molar-refractivity contribution in [2.24, 2.45) is 5.41 Å². The molecule has 1 aliphatic rings. The molecule has 0 aromatic carbocycles. The molecule has 0 aromatic rings. The van der Waals surface area contributed by atoms with Crippen molar-refractivity contribution >= 4 is 20.4 Å². The number of ether oxygens (including phenoxy) is 2. The van der Waals surface area contributed by atoms with Gasteiger partial charge in [-0.05, 0) is 64.6 Å². The first-order chi connectivity index (χ1) is 12.1. The predicted molar refractivity (Wildman–Crippen MR) is 109 cm³/mol. The number of hydrogen-bond donors (Lipinski definition) is 1. The SMILES string of the molecule is COC(=O)[C@@]1(CCO[Si](C)(C)C(C)(C)C)CC[C@@H](NC(=O)OC(C)(C)C)C1. The third-order valence-electron chi connectivity index (χ3n) is 5.80. The van der Waals surface area contributed by atoms with Gasteiger partial charge in [-0.2, -0.15) is 0 Å². The van der Waals surface area contributed by atoms with Crippen LogP contribution < -0.4 is 5.32 Å². The number of hydrogen-bond acceptors (Lipinski definition) is 5. The zero-order valence-electron chi connectivity index (χ0n) is 18.7. The Bertz CT molecular complexity index is 535. The molecule has 1 saturated carbocycles. The lowest BCUT2D eigenvalue weighted by Gasteiger charge is -2.37. The van der Waals surface area contributed by atoms with Gasteiger partial charge in [0.25, 0.3) is 0 Å². The van der Waals surface area contributed by atoms with E-state index >= 15 is 0 Å². The Morgan fingerprint density at radius 2 is 1.74 bits per heavy atom. The van der Waals surface area contributed by atoms with Crippen LogP contribution in [0.4, 0.5) is 4.79 Å². The number of alkyl carbamates (subject to hydrolysis) is 1. The minimum atomic E-state index is -1.87. The molecule has 1 amide bonds. The Kier molecular flexibility index (Phi) is 7.55. The standard InChI is InChI=1S/C20H39NO5Si/c1-18(2,3)26-17(23)21-15-10-11-20(14-15,16(22)24-7)12-13-25-27(8,9)19(4,5)6/h15H,10-14H2,1-9H3,(H,21,23)/t15-,20-/m1/s1. The van der Waals surface area contributed by atoms with E-state index in [-0.39, 0.29) is 17.0 Å². The minimum Gasteiger partial charge on any atom is -0.469 e. The second-order valence-electron chi connectivity index (χ2n) is 10.2. The van der Waals surface area contributed by atoms with Crippen LogP contribution in [-0.4, -0.2) is 45.7 Å². The molecule has 7 heteroatoms. The van der Waals surface area contributed by atoms with E-state index < -0.39 is 25.4 Å². The summed E-state index contributed by atoms with van der Waals surface area (Å²) in [4.78, 5) is 24.6. The first-order valence-electron chi connectivity index (χ1n) is 9.84. The van der Waals surface area contributed by atoms with Gasteiger partial charge in [0.05, 0.1) is 12.5 Å². The van der Waals surface area contributed by atoms with Crippen LogP contribution in [-0.2, 0) is 18.7 Å². The van der Waals surface area contributed by atoms with Crippen LogP contribution in [0.25, 0.3) is 0 Å². The second-order valence-corrected chi connectivity index (χ2v) is 15.0. The van der Waals surface area contributed by atoms with Gasteiger partial charge in [0.15, 0.2) is 8.32 Å². The summed E-state index contributed by atoms with van der Waals surface area (Å²) < 4.78 is 16.7. The smallest absolute Gasteiger partial charge is 0.407 e. The van der Waals surface area contributed by atoms with Gasteiger partial charge in [0.1, 0.15) is 5.60 Å². The molecule has 0 aromatic heterocycles. The quantitative estimate of drug-likeness (QED) is 0.518. The topological polar surface area (TPSA) is 73.9 Å². The molecule has 0 spiro atoms. The van der Waals surface area contributed by atoms with Gasteiger partial charge in [-0.1, -0.05) is 20.8 Å². The molecule has 1 rings (SSSR count). The zero-order valence-corrected chi connectivity index (χ0v) is 19.7. The van der Waals surface area contributed by atoms with Crippen LogP contribution in [0.3, 0.4) is 0 Å². The highest BCUT2D eigenvalue weighted by Gasteiger charge is 2.47. The van der Waals surface area contributed by atoms with Crippen molar-refractivity contribution in [3.63, 3.8) is 0 Å². The monoisotopic (exact) mass is 401 g/mol. The molecule has 0 radical (unpaired) electrons. The zero-order chi connectivity index (χ0) is 21.1. The van der Waals surface area contributed by atoms with Crippen LogP contribution in [0.15, 0.2) is 0 Å². The fraction of sp³-hybridized carbons (Fsp3) is 0.900. The van der Waals surface area contributed by atoms with Crippen molar-refractivity contribution in [3.05, 3.63) is 0 Å². The maximum absolute atomic E-state index is 12.5. The lowest BCUT2D eigenvalue weighted by atomic mass is 9.83. The molecular weight excluding hydrogens is 362 g/mol. The van der Waals surface area contributed by atoms with E-state index in [2.05, 4.69) is 39.2 Å². The number of esters is 1. The molecular formula is C20H39NO5Si. The summed E-state index contributed by atoms with van der Waals surface area (Å²) >= 11 is 0. The molecule has 0 saturated heterocycles. The van der Waals surface area contributed by atoms with Gasteiger partial charge < -0.3 is 19.2 Å². The molecule has 27 heavy (non-hydrogen) atoms. The molecule has 0 unspecified atom stereocenters. The number of nitrogens with one attached hydrogen (secondary N) is 1. The lowest BCUT2D eigenvalue weighted by Crippen LogP contribution is -2.43. The summed E-state index contributed by atoms with van der Waals surface area (Å²) in [6.07, 6.45) is 2.14. The first-order valence-corrected chi connectivity index (χ1v) is 12.7. The van der Waals surface area contributed by atoms with E-state index in [9.17, 15) is 9.59 Å². The number of carbonyl (C=O) groups excluding carboxylic acids is 2. The Labute approximate surface area is 165 Å². The van der Waals surface area contributed by atoms with Crippen LogP contribution >= 0.6 is 0 Å². The molecule has 6 nitrogen and oxygen atoms in total. The highest BCUT2D eigenvalue weighted by molar-refractivity contribution is 6.74. The van der Waals surface area contributed by atoms with E-state index in [1.807, 2.05) is 20.8 Å². The van der Waals surface area contributed by atoms with Gasteiger partial charge in [-0.3, -0.25) is 4.79 Å². The van der Waals surface area contributed by atoms with E-state index in [0.717, 1.165) is 6.42 Å². The van der Waals surface area contributed by atoms with Crippen molar-refractivity contribution in [2.75, 3.05) is 13.7 Å². The van der Waals surface area contributed by atoms with E-state index in [1.165, 1.54) is 7.11 Å². The fourth-order valence-corrected chi connectivity index (χ4v) is 4.22. The average Bonchev–Trinajstić information content (AvgIpc) is 2.87. The minimum absolute atomic E-state index is 0.0909. The van der Waals surface area contributed by atoms with Gasteiger partial charge in [0, 0.05) is 12.6 Å². The molecule has 0 aliphatic heterocycles. The largest absolute Gasteiger partial charge is 0.469 e. The highest BCUT2D eigenvalue weighted by Crippen LogP contribution is 2.43. The molecule has 0 heterocycles. The summed E-state index contributed by atoms with van der Waals surface area (Å²) in [7, 11) is -0.443. The normalized spacial score (nSPS) is 23.8. The number of rotatable bonds is 6. The van der Waals surface area contributed by atoms with Crippen molar-refractivity contribution in [2.45, 2.75) is 97.0 Å². The fourth-order valence-electron chi connectivity index (χ4n) is 3.17. The van der Waals surface area contributed by atoms with Gasteiger partial charge >= 0.3 is 12.1 Å². The second kappa shape index (κ2) is 8.51. The third kappa shape index (κ3) is 6.78. The summed E-state index contributed by atoms with van der Waals surface area (Å²) in [5.74, 6) is -0.213. The highest BCUT2D eigenvalue weighted by atomic mass is 28.4. The van der Waals surface area contributed by atoms with Gasteiger partial charge in [-0.15, -0.1) is 0 Å². The maximum atomic E-state index is 12.5. The molecule has 0 bridgehead atoms. The molecule has 1 N–H and O–H groups in total. The first kappa shape index (κ1) is 24.0. The number of methoxy groups -OCH3 is 1. The van der Waals surface area contributed by atoms with Crippen LogP contribution in [0, 0.1) is 5.41 Å². The Balaban J connectivity index is 2.72. The summed E-state index contributed by atoms with van der Waals surface area (Å²) in [5, 5.41) is 3.03. The third-order valence-corrected chi connectivity index (χ3v) is 10.3. The Hall–Kier alpha value is -1.08. The predicted octanol–water partition coefficient (Wildman–Crippen LogP) is 4.63. The molecule has 1 fully saturated rings. The Morgan fingerprint density at radius 1 is 1.15 bits per heavy atom. The van der Waals surface area contributed by atoms with Crippen LogP contribution in [0.5, 0.6) is 0 Å². The molecule has 1 aliphatic carbocycles. The molecule has 158 valence electrons. The summed E-state index contributed by atoms with van der Waals surface area (Å²) in [6.45, 7) is 17.0. The number of carbonyl (C=O) groups is 2. The summed E-state index contributed by atoms with van der Waals surface area (Å²) in [6, 6.07) is -0.0909. The van der Waals surface area contributed by atoms with E-state index in [4.69, 9.17) is 13.9 Å². The lowest BCUT2D eigenvalue weighted by molar-refractivity contribution is -0.153. The molecule has 2 atom stereocenters. The Morgan fingerprint density at radius 3 is 2.22 bits per heavy atom. The van der Waals surface area contributed by atoms with Crippen molar-refractivity contribution in [3.8, 4) is 0 Å². The summed E-state index contributed by atoms with van der Waals surface area (Å²) in [5.41, 5.74) is -1.14. The maximum Gasteiger partial charge on any atom is 0.407 e. The number of amides is 1. The average molecular weight is 402 g/mol. The van der Waals surface area contributed by atoms with Crippen molar-refractivity contribution in [1.82, 2.24) is 5.32 Å². The van der Waals surface area contributed by atoms with Gasteiger partial charge in [-0.25, -0.2) is 4.79 Å². The van der Waals surface area contributed by atoms with E-state index in [0.29, 0.717) is 25.9 Å². The van der Waals surface area contributed by atoms with Crippen LogP contribution in [0.2, 0.25) is 18.1 Å². The van der Waals surface area contributed by atoms with E-state index in [1.54, 1.807) is 0 Å². The van der Waals surface area contributed by atoms with Gasteiger partial charge in [0.2, 0.25) is 0 Å². The van der Waals surface area contributed by atoms with Crippen LogP contribution in [0.1, 0.15) is 67.2 Å². The van der Waals surface area contributed by atoms with Crippen molar-refractivity contribution < 1.29 is 23.5 Å².